The lowest BCUT2D eigenvalue weighted by molar-refractivity contribution is 0.125. The lowest BCUT2D eigenvalue weighted by Gasteiger charge is -2.11. The summed E-state index contributed by atoms with van der Waals surface area (Å²) in [7, 11) is 0. The minimum Gasteiger partial charge on any atom is -0.486 e. The average molecular weight is 410 g/mol. The zero-order valence-corrected chi connectivity index (χ0v) is 16.5. The summed E-state index contributed by atoms with van der Waals surface area (Å²) in [5.74, 6) is -1.49. The van der Waals surface area contributed by atoms with Gasteiger partial charge < -0.3 is 20.5 Å². The number of benzene rings is 3. The van der Waals surface area contributed by atoms with E-state index in [0.717, 1.165) is 23.3 Å². The molecule has 3 rings (SSSR count). The molecule has 0 spiro atoms. The molecule has 4 nitrogen and oxygen atoms in total. The van der Waals surface area contributed by atoms with Crippen molar-refractivity contribution in [3.8, 4) is 5.75 Å². The molecule has 156 valence electrons. The van der Waals surface area contributed by atoms with Crippen molar-refractivity contribution in [3.05, 3.63) is 107 Å². The standard InChI is InChI=1S/C24H24F2N2O2/c25-21-14-24(30-17-19-9-5-2-6-10-19)22(26)13-20(21)23(27)15-28-11-12-29-16-18-7-3-1-4-8-18/h1-10,13-15,28H,11-12,16-17,27H2/b23-15-. The van der Waals surface area contributed by atoms with E-state index >= 15 is 0 Å². The smallest absolute Gasteiger partial charge is 0.165 e. The van der Waals surface area contributed by atoms with Gasteiger partial charge in [-0.25, -0.2) is 8.78 Å². The molecule has 0 saturated carbocycles. The first kappa shape index (κ1) is 21.3. The number of rotatable bonds is 10. The molecule has 0 unspecified atom stereocenters. The Hall–Kier alpha value is -3.38. The molecule has 0 aliphatic rings. The number of nitrogens with one attached hydrogen (secondary N) is 1. The normalized spacial score (nSPS) is 11.3. The first-order valence-corrected chi connectivity index (χ1v) is 9.60. The number of nitrogens with two attached hydrogens (primary N) is 1. The van der Waals surface area contributed by atoms with Crippen LogP contribution in [0, 0.1) is 11.6 Å². The summed E-state index contributed by atoms with van der Waals surface area (Å²) in [6.07, 6.45) is 1.44. The molecule has 6 heteroatoms. The van der Waals surface area contributed by atoms with Crippen molar-refractivity contribution >= 4 is 5.70 Å². The molecule has 30 heavy (non-hydrogen) atoms. The molecule has 0 aliphatic carbocycles. The van der Waals surface area contributed by atoms with E-state index in [4.69, 9.17) is 15.2 Å². The third kappa shape index (κ3) is 6.32. The molecule has 0 fully saturated rings. The van der Waals surface area contributed by atoms with E-state index in [0.29, 0.717) is 19.8 Å². The minimum absolute atomic E-state index is 0.0303. The van der Waals surface area contributed by atoms with E-state index in [-0.39, 0.29) is 23.6 Å². The molecule has 0 radical (unpaired) electrons. The lowest BCUT2D eigenvalue weighted by Crippen LogP contribution is -2.16. The Balaban J connectivity index is 1.49. The molecule has 3 N–H and O–H groups in total. The summed E-state index contributed by atoms with van der Waals surface area (Å²) >= 11 is 0. The van der Waals surface area contributed by atoms with Crippen molar-refractivity contribution in [2.75, 3.05) is 13.2 Å². The van der Waals surface area contributed by atoms with Crippen LogP contribution in [0.4, 0.5) is 8.78 Å². The maximum Gasteiger partial charge on any atom is 0.165 e. The maximum absolute atomic E-state index is 14.4. The quantitative estimate of drug-likeness (QED) is 0.480. The Labute approximate surface area is 174 Å². The van der Waals surface area contributed by atoms with Crippen molar-refractivity contribution in [1.82, 2.24) is 5.32 Å². The summed E-state index contributed by atoms with van der Waals surface area (Å²) in [4.78, 5) is 0. The summed E-state index contributed by atoms with van der Waals surface area (Å²) in [5, 5.41) is 2.95. The van der Waals surface area contributed by atoms with Gasteiger partial charge in [0, 0.05) is 24.4 Å². The topological polar surface area (TPSA) is 56.5 Å². The van der Waals surface area contributed by atoms with Gasteiger partial charge in [-0.05, 0) is 17.2 Å². The van der Waals surface area contributed by atoms with Crippen LogP contribution in [0.1, 0.15) is 16.7 Å². The predicted molar refractivity (Wildman–Crippen MR) is 113 cm³/mol. The highest BCUT2D eigenvalue weighted by molar-refractivity contribution is 5.63. The molecular weight excluding hydrogens is 386 g/mol. The average Bonchev–Trinajstić information content (AvgIpc) is 2.77. The van der Waals surface area contributed by atoms with Gasteiger partial charge in [0.05, 0.1) is 18.9 Å². The highest BCUT2D eigenvalue weighted by Crippen LogP contribution is 2.25. The Morgan fingerprint density at radius 3 is 2.17 bits per heavy atom. The van der Waals surface area contributed by atoms with Crippen molar-refractivity contribution in [2.24, 2.45) is 5.73 Å². The zero-order chi connectivity index (χ0) is 21.2. The fourth-order valence-corrected chi connectivity index (χ4v) is 2.75. The molecule has 0 bridgehead atoms. The van der Waals surface area contributed by atoms with Crippen LogP contribution in [0.3, 0.4) is 0 Å². The summed E-state index contributed by atoms with van der Waals surface area (Å²) in [6, 6.07) is 21.1. The summed E-state index contributed by atoms with van der Waals surface area (Å²) in [5.41, 5.74) is 7.90. The fourth-order valence-electron chi connectivity index (χ4n) is 2.75. The Morgan fingerprint density at radius 1 is 0.867 bits per heavy atom. The Bertz CT molecular complexity index is 964. The lowest BCUT2D eigenvalue weighted by atomic mass is 10.1. The SMILES string of the molecule is N/C(=C\NCCOCc1ccccc1)c1cc(F)c(OCc2ccccc2)cc1F. The van der Waals surface area contributed by atoms with Gasteiger partial charge in [0.15, 0.2) is 11.6 Å². The molecule has 0 aliphatic heterocycles. The maximum atomic E-state index is 14.4. The second kappa shape index (κ2) is 11.0. The first-order chi connectivity index (χ1) is 14.6. The minimum atomic E-state index is -0.676. The number of halogens is 2. The van der Waals surface area contributed by atoms with Crippen LogP contribution in [0.25, 0.3) is 5.70 Å². The van der Waals surface area contributed by atoms with E-state index in [1.165, 1.54) is 6.20 Å². The molecule has 0 amide bonds. The van der Waals surface area contributed by atoms with Gasteiger partial charge in [0.25, 0.3) is 0 Å². The summed E-state index contributed by atoms with van der Waals surface area (Å²) in [6.45, 7) is 1.58. The third-order valence-corrected chi connectivity index (χ3v) is 4.33. The highest BCUT2D eigenvalue weighted by atomic mass is 19.1. The molecule has 3 aromatic carbocycles. The second-order valence-corrected chi connectivity index (χ2v) is 6.63. The van der Waals surface area contributed by atoms with Crippen LogP contribution in [-0.4, -0.2) is 13.2 Å². The van der Waals surface area contributed by atoms with E-state index in [9.17, 15) is 8.78 Å². The molecular formula is C24H24F2N2O2. The van der Waals surface area contributed by atoms with Crippen molar-refractivity contribution < 1.29 is 18.3 Å². The largest absolute Gasteiger partial charge is 0.486 e. The van der Waals surface area contributed by atoms with E-state index in [2.05, 4.69) is 5.32 Å². The van der Waals surface area contributed by atoms with Gasteiger partial charge in [0.2, 0.25) is 0 Å². The second-order valence-electron chi connectivity index (χ2n) is 6.63. The summed E-state index contributed by atoms with van der Waals surface area (Å²) < 4.78 is 39.7. The molecule has 0 saturated heterocycles. The predicted octanol–water partition coefficient (Wildman–Crippen LogP) is 4.61. The Kier molecular flexibility index (Phi) is 7.80. The molecule has 0 aromatic heterocycles. The zero-order valence-electron chi connectivity index (χ0n) is 16.5. The monoisotopic (exact) mass is 410 g/mol. The van der Waals surface area contributed by atoms with Crippen molar-refractivity contribution in [3.63, 3.8) is 0 Å². The van der Waals surface area contributed by atoms with Crippen molar-refractivity contribution in [2.45, 2.75) is 13.2 Å². The van der Waals surface area contributed by atoms with E-state index in [1.54, 1.807) is 0 Å². The van der Waals surface area contributed by atoms with Gasteiger partial charge >= 0.3 is 0 Å². The molecule has 0 heterocycles. The van der Waals surface area contributed by atoms with Crippen molar-refractivity contribution in [1.29, 1.82) is 0 Å². The first-order valence-electron chi connectivity index (χ1n) is 9.60. The van der Waals surface area contributed by atoms with Crippen LogP contribution < -0.4 is 15.8 Å². The van der Waals surface area contributed by atoms with Crippen LogP contribution >= 0.6 is 0 Å². The van der Waals surface area contributed by atoms with Gasteiger partial charge in [0.1, 0.15) is 12.4 Å². The molecule has 3 aromatic rings. The van der Waals surface area contributed by atoms with Crippen LogP contribution in [0.2, 0.25) is 0 Å². The van der Waals surface area contributed by atoms with E-state index < -0.39 is 11.6 Å². The van der Waals surface area contributed by atoms with Crippen LogP contribution in [0.5, 0.6) is 5.75 Å². The van der Waals surface area contributed by atoms with Gasteiger partial charge in [-0.2, -0.15) is 0 Å². The van der Waals surface area contributed by atoms with Crippen LogP contribution in [-0.2, 0) is 18.0 Å². The number of hydrogen-bond acceptors (Lipinski definition) is 4. The number of ether oxygens (including phenoxy) is 2. The van der Waals surface area contributed by atoms with Gasteiger partial charge in [-0.3, -0.25) is 0 Å². The highest BCUT2D eigenvalue weighted by Gasteiger charge is 2.13. The van der Waals surface area contributed by atoms with Crippen LogP contribution in [0.15, 0.2) is 79.0 Å². The number of hydrogen-bond donors (Lipinski definition) is 2. The van der Waals surface area contributed by atoms with E-state index in [1.807, 2.05) is 60.7 Å². The Morgan fingerprint density at radius 2 is 1.50 bits per heavy atom. The third-order valence-electron chi connectivity index (χ3n) is 4.33. The van der Waals surface area contributed by atoms with Gasteiger partial charge in [-0.1, -0.05) is 60.7 Å². The molecule has 0 atom stereocenters. The fraction of sp³-hybridized carbons (Fsp3) is 0.167. The van der Waals surface area contributed by atoms with Gasteiger partial charge in [-0.15, -0.1) is 0 Å².